The average Bonchev–Trinajstić information content (AvgIpc) is 2.58. The Morgan fingerprint density at radius 1 is 1.46 bits per heavy atom. The van der Waals surface area contributed by atoms with E-state index in [0.29, 0.717) is 22.9 Å². The molecular weight excluding hydrogens is 192 g/mol. The molecule has 0 fully saturated rings. The number of carbonyl (C=O) groups excluding carboxylic acids is 1. The first-order valence-electron chi connectivity index (χ1n) is 3.83. The van der Waals surface area contributed by atoms with Gasteiger partial charge in [0.05, 0.1) is 5.02 Å². The first-order chi connectivity index (χ1) is 6.33. The Kier molecular flexibility index (Phi) is 2.10. The maximum Gasteiger partial charge on any atom is 0.231 e. The standard InChI is InChI=1S/C9H7ClO3/c10-8-6(3-4-11)1-2-7-9(8)13-5-12-7/h1-2,4H,3,5H2. The topological polar surface area (TPSA) is 35.5 Å². The third-order valence-electron chi connectivity index (χ3n) is 1.86. The van der Waals surface area contributed by atoms with Crippen molar-refractivity contribution in [1.82, 2.24) is 0 Å². The summed E-state index contributed by atoms with van der Waals surface area (Å²) < 4.78 is 10.3. The van der Waals surface area contributed by atoms with Gasteiger partial charge in [0.2, 0.25) is 6.79 Å². The summed E-state index contributed by atoms with van der Waals surface area (Å²) in [6.45, 7) is 0.194. The van der Waals surface area contributed by atoms with E-state index in [4.69, 9.17) is 21.1 Å². The Bertz CT molecular complexity index is 349. The van der Waals surface area contributed by atoms with E-state index in [2.05, 4.69) is 0 Å². The van der Waals surface area contributed by atoms with Gasteiger partial charge in [-0.25, -0.2) is 0 Å². The van der Waals surface area contributed by atoms with Crippen LogP contribution in [0.2, 0.25) is 5.02 Å². The highest BCUT2D eigenvalue weighted by atomic mass is 35.5. The first-order valence-corrected chi connectivity index (χ1v) is 4.21. The van der Waals surface area contributed by atoms with Crippen LogP contribution in [0.3, 0.4) is 0 Å². The summed E-state index contributed by atoms with van der Waals surface area (Å²) in [5.74, 6) is 1.18. The second kappa shape index (κ2) is 3.26. The van der Waals surface area contributed by atoms with Gasteiger partial charge in [0, 0.05) is 6.42 Å². The van der Waals surface area contributed by atoms with Crippen molar-refractivity contribution in [1.29, 1.82) is 0 Å². The van der Waals surface area contributed by atoms with Gasteiger partial charge in [0.25, 0.3) is 0 Å². The lowest BCUT2D eigenvalue weighted by Gasteiger charge is -2.02. The van der Waals surface area contributed by atoms with Gasteiger partial charge >= 0.3 is 0 Å². The molecule has 0 amide bonds. The van der Waals surface area contributed by atoms with Crippen LogP contribution in [0, 0.1) is 0 Å². The molecule has 3 nitrogen and oxygen atoms in total. The largest absolute Gasteiger partial charge is 0.454 e. The van der Waals surface area contributed by atoms with E-state index in [1.807, 2.05) is 0 Å². The number of ether oxygens (including phenoxy) is 2. The van der Waals surface area contributed by atoms with Crippen LogP contribution >= 0.6 is 11.6 Å². The average molecular weight is 199 g/mol. The van der Waals surface area contributed by atoms with Crippen molar-refractivity contribution in [2.24, 2.45) is 0 Å². The lowest BCUT2D eigenvalue weighted by atomic mass is 10.1. The van der Waals surface area contributed by atoms with Gasteiger partial charge < -0.3 is 14.3 Å². The number of fused-ring (bicyclic) bond motifs is 1. The Labute approximate surface area is 80.2 Å². The van der Waals surface area contributed by atoms with Crippen LogP contribution in [-0.2, 0) is 11.2 Å². The van der Waals surface area contributed by atoms with Crippen LogP contribution in [0.15, 0.2) is 12.1 Å². The summed E-state index contributed by atoms with van der Waals surface area (Å²) in [5, 5.41) is 0.474. The van der Waals surface area contributed by atoms with E-state index in [1.165, 1.54) is 0 Å². The van der Waals surface area contributed by atoms with E-state index < -0.39 is 0 Å². The van der Waals surface area contributed by atoms with Gasteiger partial charge in [0.1, 0.15) is 6.29 Å². The SMILES string of the molecule is O=CCc1ccc2c(c1Cl)OCO2. The number of benzene rings is 1. The number of hydrogen-bond donors (Lipinski definition) is 0. The smallest absolute Gasteiger partial charge is 0.231 e. The Morgan fingerprint density at radius 3 is 3.08 bits per heavy atom. The fourth-order valence-corrected chi connectivity index (χ4v) is 1.51. The maximum atomic E-state index is 10.3. The third kappa shape index (κ3) is 1.35. The second-order valence-electron chi connectivity index (χ2n) is 2.64. The molecule has 68 valence electrons. The minimum absolute atomic E-state index is 0.194. The van der Waals surface area contributed by atoms with Crippen molar-refractivity contribution >= 4 is 17.9 Å². The van der Waals surface area contributed by atoms with Crippen LogP contribution in [0.1, 0.15) is 5.56 Å². The summed E-state index contributed by atoms with van der Waals surface area (Å²) in [6.07, 6.45) is 1.11. The van der Waals surface area contributed by atoms with Crippen LogP contribution < -0.4 is 9.47 Å². The Balaban J connectivity index is 2.45. The van der Waals surface area contributed by atoms with Crippen molar-refractivity contribution in [2.45, 2.75) is 6.42 Å². The number of hydrogen-bond acceptors (Lipinski definition) is 3. The lowest BCUT2D eigenvalue weighted by molar-refractivity contribution is -0.107. The molecule has 1 heterocycles. The number of aldehydes is 1. The molecule has 0 aliphatic carbocycles. The van der Waals surface area contributed by atoms with Crippen molar-refractivity contribution in [3.63, 3.8) is 0 Å². The van der Waals surface area contributed by atoms with Gasteiger partial charge in [-0.3, -0.25) is 0 Å². The summed E-state index contributed by atoms with van der Waals surface area (Å²) in [5.41, 5.74) is 0.765. The molecule has 0 saturated carbocycles. The second-order valence-corrected chi connectivity index (χ2v) is 3.02. The normalized spacial score (nSPS) is 13.0. The summed E-state index contributed by atoms with van der Waals surface area (Å²) in [4.78, 5) is 10.3. The van der Waals surface area contributed by atoms with E-state index in [-0.39, 0.29) is 6.79 Å². The molecule has 0 aromatic heterocycles. The minimum atomic E-state index is 0.194. The Hall–Kier alpha value is -1.22. The molecule has 13 heavy (non-hydrogen) atoms. The minimum Gasteiger partial charge on any atom is -0.454 e. The fraction of sp³-hybridized carbons (Fsp3) is 0.222. The zero-order valence-electron chi connectivity index (χ0n) is 6.75. The Morgan fingerprint density at radius 2 is 2.31 bits per heavy atom. The highest BCUT2D eigenvalue weighted by Crippen LogP contribution is 2.40. The molecule has 0 spiro atoms. The molecule has 0 unspecified atom stereocenters. The van der Waals surface area contributed by atoms with Gasteiger partial charge in [-0.15, -0.1) is 0 Å². The van der Waals surface area contributed by atoms with Gasteiger partial charge in [-0.2, -0.15) is 0 Å². The van der Waals surface area contributed by atoms with Crippen molar-refractivity contribution < 1.29 is 14.3 Å². The van der Waals surface area contributed by atoms with Gasteiger partial charge in [0.15, 0.2) is 11.5 Å². The number of rotatable bonds is 2. The van der Waals surface area contributed by atoms with E-state index in [0.717, 1.165) is 11.8 Å². The van der Waals surface area contributed by atoms with E-state index in [1.54, 1.807) is 12.1 Å². The molecule has 4 heteroatoms. The molecule has 0 N–H and O–H groups in total. The maximum absolute atomic E-state index is 10.3. The van der Waals surface area contributed by atoms with E-state index in [9.17, 15) is 4.79 Å². The molecular formula is C9H7ClO3. The molecule has 0 bridgehead atoms. The van der Waals surface area contributed by atoms with Crippen LogP contribution in [0.5, 0.6) is 11.5 Å². The lowest BCUT2D eigenvalue weighted by Crippen LogP contribution is -1.93. The monoisotopic (exact) mass is 198 g/mol. The van der Waals surface area contributed by atoms with Crippen molar-refractivity contribution in [3.8, 4) is 11.5 Å². The van der Waals surface area contributed by atoms with Crippen molar-refractivity contribution in [2.75, 3.05) is 6.79 Å². The zero-order valence-corrected chi connectivity index (χ0v) is 7.50. The quantitative estimate of drug-likeness (QED) is 0.680. The van der Waals surface area contributed by atoms with E-state index >= 15 is 0 Å². The van der Waals surface area contributed by atoms with Crippen molar-refractivity contribution in [3.05, 3.63) is 22.7 Å². The molecule has 1 aliphatic heterocycles. The van der Waals surface area contributed by atoms with Gasteiger partial charge in [-0.05, 0) is 11.6 Å². The summed E-state index contributed by atoms with van der Waals surface area (Å²) in [6, 6.07) is 3.53. The number of carbonyl (C=O) groups is 1. The molecule has 0 atom stereocenters. The highest BCUT2D eigenvalue weighted by molar-refractivity contribution is 6.33. The zero-order chi connectivity index (χ0) is 9.26. The molecule has 1 aliphatic rings. The summed E-state index contributed by atoms with van der Waals surface area (Å²) >= 11 is 5.97. The molecule has 0 radical (unpaired) electrons. The predicted octanol–water partition coefficient (Wildman–Crippen LogP) is 1.81. The van der Waals surface area contributed by atoms with Crippen LogP contribution in [-0.4, -0.2) is 13.1 Å². The summed E-state index contributed by atoms with van der Waals surface area (Å²) in [7, 11) is 0. The van der Waals surface area contributed by atoms with Crippen LogP contribution in [0.25, 0.3) is 0 Å². The fourth-order valence-electron chi connectivity index (χ4n) is 1.23. The number of halogens is 1. The predicted molar refractivity (Wildman–Crippen MR) is 47.3 cm³/mol. The first kappa shape index (κ1) is 8.38. The highest BCUT2D eigenvalue weighted by Gasteiger charge is 2.18. The molecule has 1 aromatic rings. The van der Waals surface area contributed by atoms with Crippen LogP contribution in [0.4, 0.5) is 0 Å². The molecule has 2 rings (SSSR count). The molecule has 1 aromatic carbocycles. The third-order valence-corrected chi connectivity index (χ3v) is 2.28. The molecule has 0 saturated heterocycles. The van der Waals surface area contributed by atoms with Gasteiger partial charge in [-0.1, -0.05) is 17.7 Å².